The van der Waals surface area contributed by atoms with Crippen LogP contribution in [0, 0.1) is 5.92 Å². The first-order valence-corrected chi connectivity index (χ1v) is 6.99. The second kappa shape index (κ2) is 7.36. The lowest BCUT2D eigenvalue weighted by atomic mass is 10.1. The number of unbranched alkanes of at least 4 members (excludes halogenated alkanes) is 1. The summed E-state index contributed by atoms with van der Waals surface area (Å²) in [5.74, 6) is 0.814. The van der Waals surface area contributed by atoms with Crippen molar-refractivity contribution >= 4 is 27.7 Å². The molecule has 5 heteroatoms. The Morgan fingerprint density at radius 1 is 1.50 bits per heavy atom. The van der Waals surface area contributed by atoms with E-state index in [-0.39, 0.29) is 11.7 Å². The summed E-state index contributed by atoms with van der Waals surface area (Å²) in [4.78, 5) is 15.8. The molecule has 1 aromatic rings. The van der Waals surface area contributed by atoms with Gasteiger partial charge in [-0.3, -0.25) is 4.79 Å². The van der Waals surface area contributed by atoms with Gasteiger partial charge in [-0.1, -0.05) is 26.7 Å². The van der Waals surface area contributed by atoms with E-state index in [0.717, 1.165) is 17.3 Å². The highest BCUT2D eigenvalue weighted by Gasteiger charge is 2.10. The van der Waals surface area contributed by atoms with Crippen LogP contribution in [0.3, 0.4) is 0 Å². The molecule has 0 saturated carbocycles. The van der Waals surface area contributed by atoms with Crippen molar-refractivity contribution in [2.45, 2.75) is 33.1 Å². The Bertz CT molecular complexity index is 407. The van der Waals surface area contributed by atoms with Crippen molar-refractivity contribution in [2.24, 2.45) is 5.92 Å². The van der Waals surface area contributed by atoms with E-state index in [2.05, 4.69) is 40.1 Å². The van der Waals surface area contributed by atoms with Gasteiger partial charge in [0.25, 0.3) is 5.91 Å². The molecule has 0 aromatic carbocycles. The van der Waals surface area contributed by atoms with Crippen molar-refractivity contribution in [3.05, 3.63) is 22.3 Å². The van der Waals surface area contributed by atoms with Crippen LogP contribution in [0.1, 0.15) is 43.5 Å². The van der Waals surface area contributed by atoms with Crippen LogP contribution in [-0.2, 0) is 0 Å². The summed E-state index contributed by atoms with van der Waals surface area (Å²) in [7, 11) is 0. The Labute approximate surface area is 116 Å². The lowest BCUT2D eigenvalue weighted by Crippen LogP contribution is -2.25. The Balaban J connectivity index is 2.39. The lowest BCUT2D eigenvalue weighted by molar-refractivity contribution is 0.0953. The second-order valence-corrected chi connectivity index (χ2v) is 5.65. The fraction of sp³-hybridized carbons (Fsp3) is 0.538. The molecule has 100 valence electrons. The fourth-order valence-corrected chi connectivity index (χ4v) is 1.94. The molecule has 1 heterocycles. The average Bonchev–Trinajstić information content (AvgIpc) is 2.31. The molecule has 0 atom stereocenters. The first-order valence-electron chi connectivity index (χ1n) is 6.20. The zero-order valence-corrected chi connectivity index (χ0v) is 12.5. The number of carbonyl (C=O) groups is 1. The third-order valence-electron chi connectivity index (χ3n) is 2.62. The Morgan fingerprint density at radius 2 is 2.22 bits per heavy atom. The summed E-state index contributed by atoms with van der Waals surface area (Å²) in [5.41, 5.74) is 6.09. The largest absolute Gasteiger partial charge is 0.383 e. The standard InChI is InChI=1S/C13H20BrN3O/c1-9(2)5-3-4-6-16-13(18)11-7-10(14)8-17-12(11)15/h7-9H,3-6H2,1-2H3,(H2,15,17)(H,16,18). The maximum atomic E-state index is 11.9. The van der Waals surface area contributed by atoms with Crippen molar-refractivity contribution in [2.75, 3.05) is 12.3 Å². The number of hydrogen-bond donors (Lipinski definition) is 2. The van der Waals surface area contributed by atoms with E-state index in [9.17, 15) is 4.79 Å². The molecule has 0 saturated heterocycles. The van der Waals surface area contributed by atoms with Gasteiger partial charge in [0.05, 0.1) is 5.56 Å². The van der Waals surface area contributed by atoms with Crippen molar-refractivity contribution in [3.8, 4) is 0 Å². The van der Waals surface area contributed by atoms with Crippen molar-refractivity contribution in [1.82, 2.24) is 10.3 Å². The minimum Gasteiger partial charge on any atom is -0.383 e. The molecule has 18 heavy (non-hydrogen) atoms. The molecule has 1 aromatic heterocycles. The van der Waals surface area contributed by atoms with Gasteiger partial charge in [0, 0.05) is 17.2 Å². The monoisotopic (exact) mass is 313 g/mol. The number of aromatic nitrogens is 1. The number of nitrogens with two attached hydrogens (primary N) is 1. The number of amides is 1. The Hall–Kier alpha value is -1.10. The van der Waals surface area contributed by atoms with Crippen LogP contribution in [0.2, 0.25) is 0 Å². The van der Waals surface area contributed by atoms with Crippen LogP contribution < -0.4 is 11.1 Å². The zero-order chi connectivity index (χ0) is 13.5. The molecule has 1 amide bonds. The molecule has 0 unspecified atom stereocenters. The summed E-state index contributed by atoms with van der Waals surface area (Å²) in [5, 5.41) is 2.86. The van der Waals surface area contributed by atoms with Gasteiger partial charge in [-0.2, -0.15) is 0 Å². The van der Waals surface area contributed by atoms with Crippen LogP contribution >= 0.6 is 15.9 Å². The highest BCUT2D eigenvalue weighted by molar-refractivity contribution is 9.10. The molecular weight excluding hydrogens is 294 g/mol. The van der Waals surface area contributed by atoms with Crippen LogP contribution in [0.15, 0.2) is 16.7 Å². The first-order chi connectivity index (χ1) is 8.50. The molecule has 3 N–H and O–H groups in total. The molecule has 4 nitrogen and oxygen atoms in total. The molecule has 1 rings (SSSR count). The molecule has 0 aliphatic carbocycles. The molecule has 0 spiro atoms. The van der Waals surface area contributed by atoms with Gasteiger partial charge in [-0.25, -0.2) is 4.98 Å². The third kappa shape index (κ3) is 5.04. The van der Waals surface area contributed by atoms with Gasteiger partial charge in [0.2, 0.25) is 0 Å². The summed E-state index contributed by atoms with van der Waals surface area (Å²) >= 11 is 3.28. The van der Waals surface area contributed by atoms with Gasteiger partial charge in [-0.05, 0) is 34.3 Å². The van der Waals surface area contributed by atoms with Crippen LogP contribution in [0.25, 0.3) is 0 Å². The Kier molecular flexibility index (Phi) is 6.12. The summed E-state index contributed by atoms with van der Waals surface area (Å²) in [6.45, 7) is 5.08. The topological polar surface area (TPSA) is 68.0 Å². The third-order valence-corrected chi connectivity index (χ3v) is 3.06. The fourth-order valence-electron chi connectivity index (χ4n) is 1.61. The van der Waals surface area contributed by atoms with E-state index >= 15 is 0 Å². The molecule has 0 bridgehead atoms. The van der Waals surface area contributed by atoms with Gasteiger partial charge >= 0.3 is 0 Å². The van der Waals surface area contributed by atoms with Crippen LogP contribution in [0.4, 0.5) is 5.82 Å². The maximum Gasteiger partial charge on any atom is 0.255 e. The first kappa shape index (κ1) is 15.0. The van der Waals surface area contributed by atoms with Gasteiger partial charge in [-0.15, -0.1) is 0 Å². The number of rotatable bonds is 6. The van der Waals surface area contributed by atoms with E-state index in [0.29, 0.717) is 18.0 Å². The number of pyridine rings is 1. The quantitative estimate of drug-likeness (QED) is 0.793. The number of carbonyl (C=O) groups excluding carboxylic acids is 1. The number of hydrogen-bond acceptors (Lipinski definition) is 3. The van der Waals surface area contributed by atoms with Crippen molar-refractivity contribution in [1.29, 1.82) is 0 Å². The van der Waals surface area contributed by atoms with E-state index in [1.807, 2.05) is 0 Å². The summed E-state index contributed by atoms with van der Waals surface area (Å²) < 4.78 is 0.752. The summed E-state index contributed by atoms with van der Waals surface area (Å²) in [6, 6.07) is 1.69. The highest BCUT2D eigenvalue weighted by Crippen LogP contribution is 2.15. The summed E-state index contributed by atoms with van der Waals surface area (Å²) in [6.07, 6.45) is 4.89. The minimum atomic E-state index is -0.161. The SMILES string of the molecule is CC(C)CCCCNC(=O)c1cc(Br)cnc1N. The molecule has 0 fully saturated rings. The normalized spacial score (nSPS) is 10.7. The zero-order valence-electron chi connectivity index (χ0n) is 10.9. The van der Waals surface area contributed by atoms with Gasteiger partial charge < -0.3 is 11.1 Å². The highest BCUT2D eigenvalue weighted by atomic mass is 79.9. The van der Waals surface area contributed by atoms with Gasteiger partial charge in [0.1, 0.15) is 5.82 Å². The number of nitrogens with one attached hydrogen (secondary N) is 1. The number of nitrogen functional groups attached to an aromatic ring is 1. The number of halogens is 1. The van der Waals surface area contributed by atoms with E-state index in [1.54, 1.807) is 12.3 Å². The predicted molar refractivity (Wildman–Crippen MR) is 77.4 cm³/mol. The Morgan fingerprint density at radius 3 is 2.89 bits per heavy atom. The van der Waals surface area contributed by atoms with Crippen LogP contribution in [0.5, 0.6) is 0 Å². The number of anilines is 1. The lowest BCUT2D eigenvalue weighted by Gasteiger charge is -2.08. The second-order valence-electron chi connectivity index (χ2n) is 4.73. The van der Waals surface area contributed by atoms with Crippen LogP contribution in [-0.4, -0.2) is 17.4 Å². The smallest absolute Gasteiger partial charge is 0.255 e. The van der Waals surface area contributed by atoms with Crippen molar-refractivity contribution < 1.29 is 4.79 Å². The maximum absolute atomic E-state index is 11.9. The predicted octanol–water partition coefficient (Wildman–Crippen LogP) is 2.98. The molecular formula is C13H20BrN3O. The molecule has 0 radical (unpaired) electrons. The molecule has 0 aliphatic heterocycles. The number of nitrogens with zero attached hydrogens (tertiary/aromatic N) is 1. The van der Waals surface area contributed by atoms with E-state index < -0.39 is 0 Å². The van der Waals surface area contributed by atoms with E-state index in [1.165, 1.54) is 6.42 Å². The van der Waals surface area contributed by atoms with E-state index in [4.69, 9.17) is 5.73 Å². The average molecular weight is 314 g/mol. The minimum absolute atomic E-state index is 0.161. The van der Waals surface area contributed by atoms with Crippen molar-refractivity contribution in [3.63, 3.8) is 0 Å². The van der Waals surface area contributed by atoms with Gasteiger partial charge in [0.15, 0.2) is 0 Å². The molecule has 0 aliphatic rings.